The van der Waals surface area contributed by atoms with Gasteiger partial charge in [-0.05, 0) is 35.0 Å². The molecular formula is C12H15BrN2O2. The van der Waals surface area contributed by atoms with Gasteiger partial charge in [-0.3, -0.25) is 9.59 Å². The molecule has 0 spiro atoms. The fourth-order valence-corrected chi connectivity index (χ4v) is 1.83. The summed E-state index contributed by atoms with van der Waals surface area (Å²) < 4.78 is 0.729. The third-order valence-corrected chi connectivity index (χ3v) is 2.90. The summed E-state index contributed by atoms with van der Waals surface area (Å²) in [5.74, 6) is -0.334. The van der Waals surface area contributed by atoms with Gasteiger partial charge in [0, 0.05) is 18.1 Å². The Morgan fingerprint density at radius 3 is 2.59 bits per heavy atom. The minimum absolute atomic E-state index is 0.0635. The highest BCUT2D eigenvalue weighted by Gasteiger charge is 2.16. The van der Waals surface area contributed by atoms with Crippen molar-refractivity contribution >= 4 is 27.7 Å². The van der Waals surface area contributed by atoms with E-state index >= 15 is 0 Å². The average molecular weight is 299 g/mol. The molecule has 1 rings (SSSR count). The summed E-state index contributed by atoms with van der Waals surface area (Å²) in [4.78, 5) is 24.8. The lowest BCUT2D eigenvalue weighted by Gasteiger charge is -2.17. The molecule has 5 heteroatoms. The summed E-state index contributed by atoms with van der Waals surface area (Å²) >= 11 is 3.31. The van der Waals surface area contributed by atoms with E-state index in [9.17, 15) is 9.59 Å². The molecule has 0 heterocycles. The molecule has 0 aliphatic heterocycles. The Labute approximate surface area is 109 Å². The molecule has 0 atom stereocenters. The Hall–Kier alpha value is -1.36. The summed E-state index contributed by atoms with van der Waals surface area (Å²) in [6, 6.07) is 7.15. The fourth-order valence-electron chi connectivity index (χ4n) is 1.38. The first-order valence-electron chi connectivity index (χ1n) is 5.33. The number of carbonyl (C=O) groups is 2. The molecule has 0 saturated heterocycles. The van der Waals surface area contributed by atoms with Gasteiger partial charge in [-0.2, -0.15) is 0 Å². The number of nitrogens with zero attached hydrogens (tertiary/aromatic N) is 1. The summed E-state index contributed by atoms with van der Waals surface area (Å²) in [5, 5.41) is 2.65. The molecule has 0 aliphatic carbocycles. The summed E-state index contributed by atoms with van der Waals surface area (Å²) in [5.41, 5.74) is 0.555. The second kappa shape index (κ2) is 6.39. The summed E-state index contributed by atoms with van der Waals surface area (Å²) in [6.45, 7) is 2.47. The van der Waals surface area contributed by atoms with E-state index in [2.05, 4.69) is 21.2 Å². The largest absolute Gasteiger partial charge is 0.355 e. The average Bonchev–Trinajstić information content (AvgIpc) is 2.29. The van der Waals surface area contributed by atoms with Crippen molar-refractivity contribution in [1.82, 2.24) is 10.2 Å². The molecule has 0 radical (unpaired) electrons. The number of likely N-dealkylation sites (N-methyl/N-ethyl adjacent to an activating group) is 2. The smallest absolute Gasteiger partial charge is 0.255 e. The van der Waals surface area contributed by atoms with Crippen molar-refractivity contribution in [1.29, 1.82) is 0 Å². The van der Waals surface area contributed by atoms with Gasteiger partial charge in [0.25, 0.3) is 5.91 Å². The number of hydrogen-bond donors (Lipinski definition) is 1. The van der Waals surface area contributed by atoms with E-state index < -0.39 is 0 Å². The fraction of sp³-hybridized carbons (Fsp3) is 0.333. The minimum atomic E-state index is -0.177. The number of benzene rings is 1. The molecule has 1 aromatic rings. The lowest BCUT2D eigenvalue weighted by atomic mass is 10.2. The zero-order chi connectivity index (χ0) is 12.8. The second-order valence-electron chi connectivity index (χ2n) is 3.59. The van der Waals surface area contributed by atoms with Crippen molar-refractivity contribution < 1.29 is 9.59 Å². The van der Waals surface area contributed by atoms with Crippen LogP contribution in [0.25, 0.3) is 0 Å². The Bertz CT molecular complexity index is 421. The third-order valence-electron chi connectivity index (χ3n) is 2.21. The zero-order valence-electron chi connectivity index (χ0n) is 9.87. The number of rotatable bonds is 4. The highest BCUT2D eigenvalue weighted by molar-refractivity contribution is 9.10. The maximum absolute atomic E-state index is 12.0. The lowest BCUT2D eigenvalue weighted by Crippen LogP contribution is -2.38. The van der Waals surface area contributed by atoms with Gasteiger partial charge in [0.05, 0.1) is 12.1 Å². The topological polar surface area (TPSA) is 49.4 Å². The quantitative estimate of drug-likeness (QED) is 0.919. The van der Waals surface area contributed by atoms with Crippen LogP contribution >= 0.6 is 15.9 Å². The summed E-state index contributed by atoms with van der Waals surface area (Å²) in [6.07, 6.45) is 0. The van der Waals surface area contributed by atoms with Gasteiger partial charge < -0.3 is 10.2 Å². The Balaban J connectivity index is 2.70. The Morgan fingerprint density at radius 2 is 2.00 bits per heavy atom. The van der Waals surface area contributed by atoms with E-state index in [1.807, 2.05) is 13.0 Å². The maximum atomic E-state index is 12.0. The molecule has 0 fully saturated rings. The van der Waals surface area contributed by atoms with Gasteiger partial charge in [-0.25, -0.2) is 0 Å². The van der Waals surface area contributed by atoms with Crippen LogP contribution in [0.3, 0.4) is 0 Å². The number of nitrogens with one attached hydrogen (secondary N) is 1. The monoisotopic (exact) mass is 298 g/mol. The Morgan fingerprint density at radius 1 is 1.35 bits per heavy atom. The second-order valence-corrected chi connectivity index (χ2v) is 4.45. The van der Waals surface area contributed by atoms with E-state index in [-0.39, 0.29) is 18.4 Å². The van der Waals surface area contributed by atoms with Crippen LogP contribution in [0.1, 0.15) is 17.3 Å². The van der Waals surface area contributed by atoms with Crippen molar-refractivity contribution in [3.05, 3.63) is 34.3 Å². The zero-order valence-corrected chi connectivity index (χ0v) is 11.5. The van der Waals surface area contributed by atoms with Gasteiger partial charge in [0.15, 0.2) is 0 Å². The molecule has 4 nitrogen and oxygen atoms in total. The molecule has 17 heavy (non-hydrogen) atoms. The van der Waals surface area contributed by atoms with Crippen molar-refractivity contribution in [2.45, 2.75) is 6.92 Å². The lowest BCUT2D eigenvalue weighted by molar-refractivity contribution is -0.121. The van der Waals surface area contributed by atoms with Crippen LogP contribution in [0.15, 0.2) is 28.7 Å². The number of hydrogen-bond acceptors (Lipinski definition) is 2. The first-order valence-corrected chi connectivity index (χ1v) is 6.12. The van der Waals surface area contributed by atoms with Crippen LogP contribution in [0, 0.1) is 0 Å². The van der Waals surface area contributed by atoms with E-state index in [4.69, 9.17) is 0 Å². The predicted octanol–water partition coefficient (Wildman–Crippen LogP) is 1.66. The van der Waals surface area contributed by atoms with E-state index in [1.165, 1.54) is 4.90 Å². The van der Waals surface area contributed by atoms with Gasteiger partial charge >= 0.3 is 0 Å². The molecule has 1 N–H and O–H groups in total. The standard InChI is InChI=1S/C12H15BrN2O2/c1-3-14-11(16)8-15(2)12(17)9-6-4-5-7-10(9)13/h4-7H,3,8H2,1-2H3,(H,14,16). The molecule has 0 aliphatic rings. The van der Waals surface area contributed by atoms with Crippen LogP contribution in [-0.4, -0.2) is 36.9 Å². The van der Waals surface area contributed by atoms with E-state index in [0.717, 1.165) is 4.47 Å². The van der Waals surface area contributed by atoms with Crippen LogP contribution < -0.4 is 5.32 Å². The molecule has 1 aromatic carbocycles. The molecule has 0 bridgehead atoms. The van der Waals surface area contributed by atoms with Crippen molar-refractivity contribution in [2.75, 3.05) is 20.1 Å². The molecule has 0 saturated carbocycles. The van der Waals surface area contributed by atoms with Gasteiger partial charge in [-0.15, -0.1) is 0 Å². The highest BCUT2D eigenvalue weighted by Crippen LogP contribution is 2.17. The molecular weight excluding hydrogens is 284 g/mol. The van der Waals surface area contributed by atoms with E-state index in [1.54, 1.807) is 25.2 Å². The third kappa shape index (κ3) is 3.85. The van der Waals surface area contributed by atoms with Crippen LogP contribution in [0.2, 0.25) is 0 Å². The van der Waals surface area contributed by atoms with Gasteiger partial charge in [-0.1, -0.05) is 12.1 Å². The van der Waals surface area contributed by atoms with Crippen LogP contribution in [-0.2, 0) is 4.79 Å². The highest BCUT2D eigenvalue weighted by atomic mass is 79.9. The molecule has 92 valence electrons. The van der Waals surface area contributed by atoms with Gasteiger partial charge in [0.2, 0.25) is 5.91 Å². The summed E-state index contributed by atoms with van der Waals surface area (Å²) in [7, 11) is 1.61. The predicted molar refractivity (Wildman–Crippen MR) is 69.8 cm³/mol. The van der Waals surface area contributed by atoms with Crippen LogP contribution in [0.5, 0.6) is 0 Å². The SMILES string of the molecule is CCNC(=O)CN(C)C(=O)c1ccccc1Br. The van der Waals surface area contributed by atoms with Crippen molar-refractivity contribution in [3.63, 3.8) is 0 Å². The van der Waals surface area contributed by atoms with Crippen molar-refractivity contribution in [3.8, 4) is 0 Å². The van der Waals surface area contributed by atoms with Gasteiger partial charge in [0.1, 0.15) is 0 Å². The van der Waals surface area contributed by atoms with Crippen LogP contribution in [0.4, 0.5) is 0 Å². The number of carbonyl (C=O) groups excluding carboxylic acids is 2. The van der Waals surface area contributed by atoms with E-state index in [0.29, 0.717) is 12.1 Å². The first kappa shape index (κ1) is 13.7. The molecule has 0 unspecified atom stereocenters. The van der Waals surface area contributed by atoms with Crippen molar-refractivity contribution in [2.24, 2.45) is 0 Å². The maximum Gasteiger partial charge on any atom is 0.255 e. The first-order chi connectivity index (χ1) is 8.06. The minimum Gasteiger partial charge on any atom is -0.355 e. The number of amides is 2. The number of halogens is 1. The normalized spacial score (nSPS) is 9.82. The molecule has 0 aromatic heterocycles. The molecule has 2 amide bonds. The Kier molecular flexibility index (Phi) is 5.15.